The van der Waals surface area contributed by atoms with E-state index < -0.39 is 0 Å². The van der Waals surface area contributed by atoms with E-state index in [-0.39, 0.29) is 0 Å². The quantitative estimate of drug-likeness (QED) is 0.666. The fourth-order valence-corrected chi connectivity index (χ4v) is 1.81. The second kappa shape index (κ2) is 3.94. The Morgan fingerprint density at radius 3 is 2.59 bits per heavy atom. The first-order valence-corrected chi connectivity index (χ1v) is 5.51. The van der Waals surface area contributed by atoms with Gasteiger partial charge < -0.3 is 4.74 Å². The highest BCUT2D eigenvalue weighted by atomic mass is 16.5. The maximum absolute atomic E-state index is 5.86. The van der Waals surface area contributed by atoms with E-state index in [2.05, 4.69) is 4.98 Å². The normalized spacial score (nSPS) is 10.6. The number of hydrogen-bond acceptors (Lipinski definition) is 2. The molecule has 0 saturated carbocycles. The standard InChI is InChI=1S/C14H12N2O/c1-11-14(17-12-7-3-2-4-8-12)16-10-6-5-9-13(16)15-11/h2-10H,1H3. The molecule has 3 nitrogen and oxygen atoms in total. The lowest BCUT2D eigenvalue weighted by atomic mass is 10.3. The molecule has 84 valence electrons. The van der Waals surface area contributed by atoms with E-state index in [1.54, 1.807) is 0 Å². The Kier molecular flexibility index (Phi) is 2.29. The smallest absolute Gasteiger partial charge is 0.227 e. The first-order chi connectivity index (χ1) is 8.34. The Morgan fingerprint density at radius 2 is 1.76 bits per heavy atom. The summed E-state index contributed by atoms with van der Waals surface area (Å²) < 4.78 is 7.81. The van der Waals surface area contributed by atoms with Crippen LogP contribution in [0.25, 0.3) is 5.65 Å². The molecule has 1 aromatic carbocycles. The van der Waals surface area contributed by atoms with Gasteiger partial charge in [0.2, 0.25) is 5.88 Å². The maximum Gasteiger partial charge on any atom is 0.227 e. The van der Waals surface area contributed by atoms with Crippen molar-refractivity contribution in [3.63, 3.8) is 0 Å². The number of aromatic nitrogens is 2. The molecule has 0 N–H and O–H groups in total. The number of benzene rings is 1. The van der Waals surface area contributed by atoms with Gasteiger partial charge in [-0.15, -0.1) is 0 Å². The van der Waals surface area contributed by atoms with Crippen molar-refractivity contribution in [1.82, 2.24) is 9.38 Å². The van der Waals surface area contributed by atoms with Crippen LogP contribution in [0.4, 0.5) is 0 Å². The average molecular weight is 224 g/mol. The minimum absolute atomic E-state index is 0.770. The molecule has 0 aliphatic heterocycles. The predicted octanol–water partition coefficient (Wildman–Crippen LogP) is 3.44. The molecule has 2 heterocycles. The number of pyridine rings is 1. The number of aryl methyl sites for hydroxylation is 1. The number of ether oxygens (including phenoxy) is 1. The number of fused-ring (bicyclic) bond motifs is 1. The number of rotatable bonds is 2. The third kappa shape index (κ3) is 1.76. The minimum Gasteiger partial charge on any atom is -0.438 e. The Bertz CT molecular complexity index is 644. The van der Waals surface area contributed by atoms with Crippen molar-refractivity contribution < 1.29 is 4.74 Å². The largest absolute Gasteiger partial charge is 0.438 e. The van der Waals surface area contributed by atoms with Gasteiger partial charge in [0.25, 0.3) is 0 Å². The van der Waals surface area contributed by atoms with Crippen LogP contribution in [0.2, 0.25) is 0 Å². The summed E-state index contributed by atoms with van der Waals surface area (Å²) in [6.07, 6.45) is 1.95. The summed E-state index contributed by atoms with van der Waals surface area (Å²) in [6.45, 7) is 1.95. The Hall–Kier alpha value is -2.29. The Balaban J connectivity index is 2.08. The number of para-hydroxylation sites is 1. The molecule has 0 bridgehead atoms. The molecular formula is C14H12N2O. The monoisotopic (exact) mass is 224 g/mol. The molecule has 17 heavy (non-hydrogen) atoms. The van der Waals surface area contributed by atoms with Crippen LogP contribution >= 0.6 is 0 Å². The summed E-state index contributed by atoms with van der Waals surface area (Å²) in [5.41, 5.74) is 1.79. The summed E-state index contributed by atoms with van der Waals surface area (Å²) in [5.74, 6) is 1.59. The summed E-state index contributed by atoms with van der Waals surface area (Å²) in [5, 5.41) is 0. The molecule has 0 saturated heterocycles. The predicted molar refractivity (Wildman–Crippen MR) is 66.4 cm³/mol. The van der Waals surface area contributed by atoms with E-state index in [0.717, 1.165) is 23.0 Å². The van der Waals surface area contributed by atoms with Crippen molar-refractivity contribution in [3.8, 4) is 11.6 Å². The van der Waals surface area contributed by atoms with E-state index >= 15 is 0 Å². The zero-order valence-electron chi connectivity index (χ0n) is 9.50. The molecule has 0 aliphatic rings. The lowest BCUT2D eigenvalue weighted by Crippen LogP contribution is -1.90. The molecule has 3 rings (SSSR count). The second-order valence-electron chi connectivity index (χ2n) is 3.85. The van der Waals surface area contributed by atoms with Crippen LogP contribution in [0.1, 0.15) is 5.69 Å². The molecular weight excluding hydrogens is 212 g/mol. The lowest BCUT2D eigenvalue weighted by molar-refractivity contribution is 0.454. The lowest BCUT2D eigenvalue weighted by Gasteiger charge is -2.05. The van der Waals surface area contributed by atoms with Crippen LogP contribution < -0.4 is 4.74 Å². The molecule has 3 aromatic rings. The number of imidazole rings is 1. The van der Waals surface area contributed by atoms with Crippen molar-refractivity contribution in [2.75, 3.05) is 0 Å². The van der Waals surface area contributed by atoms with Gasteiger partial charge in [0, 0.05) is 6.20 Å². The van der Waals surface area contributed by atoms with Gasteiger partial charge in [0.15, 0.2) is 0 Å². The molecule has 2 aromatic heterocycles. The first-order valence-electron chi connectivity index (χ1n) is 5.51. The highest BCUT2D eigenvalue weighted by Crippen LogP contribution is 2.25. The van der Waals surface area contributed by atoms with E-state index in [1.807, 2.05) is 66.1 Å². The molecule has 0 spiro atoms. The van der Waals surface area contributed by atoms with Crippen molar-refractivity contribution in [3.05, 3.63) is 60.4 Å². The third-order valence-electron chi connectivity index (χ3n) is 2.61. The molecule has 3 heteroatoms. The summed E-state index contributed by atoms with van der Waals surface area (Å²) in [4.78, 5) is 4.45. The maximum atomic E-state index is 5.86. The highest BCUT2D eigenvalue weighted by molar-refractivity contribution is 5.46. The van der Waals surface area contributed by atoms with Crippen molar-refractivity contribution >= 4 is 5.65 Å². The van der Waals surface area contributed by atoms with Crippen LogP contribution in [0.5, 0.6) is 11.6 Å². The number of nitrogens with zero attached hydrogens (tertiary/aromatic N) is 2. The second-order valence-corrected chi connectivity index (χ2v) is 3.85. The van der Waals surface area contributed by atoms with Gasteiger partial charge in [0.05, 0.1) is 0 Å². The molecule has 0 radical (unpaired) electrons. The number of hydrogen-bond donors (Lipinski definition) is 0. The van der Waals surface area contributed by atoms with E-state index in [1.165, 1.54) is 0 Å². The summed E-state index contributed by atoms with van der Waals surface area (Å²) in [7, 11) is 0. The average Bonchev–Trinajstić information content (AvgIpc) is 2.68. The Morgan fingerprint density at radius 1 is 1.00 bits per heavy atom. The fourth-order valence-electron chi connectivity index (χ4n) is 1.81. The fraction of sp³-hybridized carbons (Fsp3) is 0.0714. The molecule has 0 amide bonds. The van der Waals surface area contributed by atoms with Gasteiger partial charge in [-0.2, -0.15) is 0 Å². The molecule has 0 aliphatic carbocycles. The Labute approximate surface area is 99.3 Å². The minimum atomic E-state index is 0.770. The van der Waals surface area contributed by atoms with Crippen molar-refractivity contribution in [2.24, 2.45) is 0 Å². The highest BCUT2D eigenvalue weighted by Gasteiger charge is 2.09. The van der Waals surface area contributed by atoms with Crippen LogP contribution in [0.15, 0.2) is 54.7 Å². The topological polar surface area (TPSA) is 26.5 Å². The van der Waals surface area contributed by atoms with Crippen molar-refractivity contribution in [1.29, 1.82) is 0 Å². The summed E-state index contributed by atoms with van der Waals surface area (Å²) >= 11 is 0. The van der Waals surface area contributed by atoms with E-state index in [4.69, 9.17) is 4.74 Å². The van der Waals surface area contributed by atoms with E-state index in [9.17, 15) is 0 Å². The van der Waals surface area contributed by atoms with Gasteiger partial charge in [-0.3, -0.25) is 4.40 Å². The molecule has 0 atom stereocenters. The molecule has 0 fully saturated rings. The summed E-state index contributed by atoms with van der Waals surface area (Å²) in [6, 6.07) is 15.6. The van der Waals surface area contributed by atoms with Crippen LogP contribution in [-0.2, 0) is 0 Å². The zero-order valence-corrected chi connectivity index (χ0v) is 9.50. The van der Waals surface area contributed by atoms with Crippen LogP contribution in [0, 0.1) is 6.92 Å². The van der Waals surface area contributed by atoms with Gasteiger partial charge >= 0.3 is 0 Å². The molecule has 0 unspecified atom stereocenters. The van der Waals surface area contributed by atoms with Crippen LogP contribution in [-0.4, -0.2) is 9.38 Å². The third-order valence-corrected chi connectivity index (χ3v) is 2.61. The first kappa shape index (κ1) is 9.90. The van der Waals surface area contributed by atoms with Crippen LogP contribution in [0.3, 0.4) is 0 Å². The zero-order chi connectivity index (χ0) is 11.7. The SMILES string of the molecule is Cc1nc2ccccn2c1Oc1ccccc1. The van der Waals surface area contributed by atoms with Gasteiger partial charge in [-0.25, -0.2) is 4.98 Å². The van der Waals surface area contributed by atoms with Gasteiger partial charge in [0.1, 0.15) is 17.1 Å². The van der Waals surface area contributed by atoms with Crippen molar-refractivity contribution in [2.45, 2.75) is 6.92 Å². The van der Waals surface area contributed by atoms with Gasteiger partial charge in [-0.1, -0.05) is 24.3 Å². The van der Waals surface area contributed by atoms with Gasteiger partial charge in [-0.05, 0) is 31.2 Å². The van der Waals surface area contributed by atoms with E-state index in [0.29, 0.717) is 0 Å².